The van der Waals surface area contributed by atoms with Gasteiger partial charge >= 0.3 is 5.69 Å². The Morgan fingerprint density at radius 3 is 2.45 bits per heavy atom. The molecule has 0 aliphatic carbocycles. The van der Waals surface area contributed by atoms with Gasteiger partial charge in [-0.25, -0.2) is 4.79 Å². The molecule has 6 nitrogen and oxygen atoms in total. The van der Waals surface area contributed by atoms with Crippen LogP contribution in [0, 0.1) is 6.92 Å². The molecule has 1 aromatic heterocycles. The minimum atomic E-state index is -0.506. The maximum Gasteiger partial charge on any atom is 0.325 e. The number of H-pyrrole nitrogens is 2. The number of methoxy groups -OCH3 is 2. The highest BCUT2D eigenvalue weighted by Gasteiger charge is 2.13. The average Bonchev–Trinajstić information content (AvgIpc) is 2.42. The molecule has 0 fully saturated rings. The summed E-state index contributed by atoms with van der Waals surface area (Å²) in [7, 11) is 3.10. The molecule has 6 heteroatoms. The van der Waals surface area contributed by atoms with Crippen molar-refractivity contribution in [2.45, 2.75) is 13.3 Å². The van der Waals surface area contributed by atoms with Gasteiger partial charge in [0, 0.05) is 23.2 Å². The molecule has 0 spiro atoms. The Bertz CT molecular complexity index is 731. The molecule has 20 heavy (non-hydrogen) atoms. The second-order valence-electron chi connectivity index (χ2n) is 4.34. The molecule has 106 valence electrons. The highest BCUT2D eigenvalue weighted by atomic mass is 16.5. The largest absolute Gasteiger partial charge is 0.493 e. The van der Waals surface area contributed by atoms with Crippen molar-refractivity contribution in [1.82, 2.24) is 9.97 Å². The van der Waals surface area contributed by atoms with E-state index < -0.39 is 11.2 Å². The summed E-state index contributed by atoms with van der Waals surface area (Å²) in [6, 6.07) is 5.46. The van der Waals surface area contributed by atoms with Crippen LogP contribution in [0.15, 0.2) is 27.8 Å². The summed E-state index contributed by atoms with van der Waals surface area (Å²) in [6.07, 6.45) is 0.346. The topological polar surface area (TPSA) is 84.2 Å². The summed E-state index contributed by atoms with van der Waals surface area (Å²) in [4.78, 5) is 27.9. The van der Waals surface area contributed by atoms with Crippen LogP contribution in [0.1, 0.15) is 16.8 Å². The monoisotopic (exact) mass is 276 g/mol. The summed E-state index contributed by atoms with van der Waals surface area (Å²) >= 11 is 0. The van der Waals surface area contributed by atoms with E-state index in [0.29, 0.717) is 29.2 Å². The number of hydrogen-bond acceptors (Lipinski definition) is 4. The number of para-hydroxylation sites is 1. The Balaban J connectivity index is 2.51. The first-order valence-corrected chi connectivity index (χ1v) is 6.08. The fourth-order valence-corrected chi connectivity index (χ4v) is 2.12. The molecule has 0 radical (unpaired) electrons. The number of aromatic nitrogens is 2. The van der Waals surface area contributed by atoms with Crippen LogP contribution in [0.25, 0.3) is 0 Å². The summed E-state index contributed by atoms with van der Waals surface area (Å²) in [5, 5.41) is 0. The van der Waals surface area contributed by atoms with Gasteiger partial charge in [-0.15, -0.1) is 0 Å². The van der Waals surface area contributed by atoms with Crippen LogP contribution in [-0.4, -0.2) is 24.2 Å². The minimum absolute atomic E-state index is 0.346. The Hall–Kier alpha value is -2.50. The van der Waals surface area contributed by atoms with Gasteiger partial charge in [-0.3, -0.25) is 9.78 Å². The molecule has 0 saturated heterocycles. The smallest absolute Gasteiger partial charge is 0.325 e. The highest BCUT2D eigenvalue weighted by Crippen LogP contribution is 2.31. The van der Waals surface area contributed by atoms with Crippen molar-refractivity contribution in [2.24, 2.45) is 0 Å². The fraction of sp³-hybridized carbons (Fsp3) is 0.286. The Kier molecular flexibility index (Phi) is 3.93. The van der Waals surface area contributed by atoms with Crippen LogP contribution in [0.5, 0.6) is 11.5 Å². The third kappa shape index (κ3) is 2.59. The molecule has 1 aromatic carbocycles. The first-order chi connectivity index (χ1) is 9.56. The zero-order valence-corrected chi connectivity index (χ0v) is 11.6. The lowest BCUT2D eigenvalue weighted by molar-refractivity contribution is 0.352. The van der Waals surface area contributed by atoms with Crippen LogP contribution in [0.4, 0.5) is 0 Å². The highest BCUT2D eigenvalue weighted by molar-refractivity contribution is 5.48. The Morgan fingerprint density at radius 1 is 1.10 bits per heavy atom. The predicted molar refractivity (Wildman–Crippen MR) is 74.8 cm³/mol. The number of aryl methyl sites for hydroxylation is 1. The lowest BCUT2D eigenvalue weighted by Crippen LogP contribution is -2.27. The normalized spacial score (nSPS) is 10.3. The number of aromatic amines is 2. The number of benzene rings is 1. The molecule has 0 saturated carbocycles. The van der Waals surface area contributed by atoms with Crippen molar-refractivity contribution in [2.75, 3.05) is 14.2 Å². The molecule has 2 rings (SSSR count). The van der Waals surface area contributed by atoms with Crippen molar-refractivity contribution in [3.8, 4) is 11.5 Å². The maximum atomic E-state index is 11.9. The third-order valence-electron chi connectivity index (χ3n) is 3.11. The van der Waals surface area contributed by atoms with Crippen LogP contribution in [0.2, 0.25) is 0 Å². The van der Waals surface area contributed by atoms with Crippen molar-refractivity contribution in [1.29, 1.82) is 0 Å². The lowest BCUT2D eigenvalue weighted by Gasteiger charge is -2.12. The van der Waals surface area contributed by atoms with Gasteiger partial charge in [-0.05, 0) is 13.0 Å². The summed E-state index contributed by atoms with van der Waals surface area (Å²) < 4.78 is 10.6. The van der Waals surface area contributed by atoms with Gasteiger partial charge < -0.3 is 14.5 Å². The lowest BCUT2D eigenvalue weighted by atomic mass is 10.0. The number of nitrogens with one attached hydrogen (secondary N) is 2. The minimum Gasteiger partial charge on any atom is -0.493 e. The Labute approximate surface area is 115 Å². The van der Waals surface area contributed by atoms with Gasteiger partial charge in [-0.2, -0.15) is 0 Å². The van der Waals surface area contributed by atoms with Gasteiger partial charge in [0.15, 0.2) is 11.5 Å². The fourth-order valence-electron chi connectivity index (χ4n) is 2.12. The van der Waals surface area contributed by atoms with Crippen molar-refractivity contribution in [3.05, 3.63) is 55.9 Å². The van der Waals surface area contributed by atoms with Gasteiger partial charge in [-0.1, -0.05) is 12.1 Å². The quantitative estimate of drug-likeness (QED) is 0.871. The van der Waals surface area contributed by atoms with Crippen molar-refractivity contribution < 1.29 is 9.47 Å². The van der Waals surface area contributed by atoms with Crippen LogP contribution < -0.4 is 20.7 Å². The SMILES string of the molecule is COc1cccc(Cc2c(C)[nH]c(=O)[nH]c2=O)c1OC. The number of rotatable bonds is 4. The average molecular weight is 276 g/mol. The van der Waals surface area contributed by atoms with E-state index in [-0.39, 0.29) is 0 Å². The molecular formula is C14H16N2O4. The van der Waals surface area contributed by atoms with Gasteiger partial charge in [0.2, 0.25) is 0 Å². The molecule has 1 heterocycles. The van der Waals surface area contributed by atoms with Crippen LogP contribution in [-0.2, 0) is 6.42 Å². The number of ether oxygens (including phenoxy) is 2. The van der Waals surface area contributed by atoms with E-state index in [0.717, 1.165) is 5.56 Å². The summed E-state index contributed by atoms with van der Waals surface area (Å²) in [6.45, 7) is 1.69. The van der Waals surface area contributed by atoms with Gasteiger partial charge in [0.25, 0.3) is 5.56 Å². The van der Waals surface area contributed by atoms with Gasteiger partial charge in [0.05, 0.1) is 14.2 Å². The Morgan fingerprint density at radius 2 is 1.85 bits per heavy atom. The molecule has 0 aliphatic rings. The number of hydrogen-bond donors (Lipinski definition) is 2. The van der Waals surface area contributed by atoms with Crippen LogP contribution >= 0.6 is 0 Å². The van der Waals surface area contributed by atoms with E-state index in [1.54, 1.807) is 27.2 Å². The van der Waals surface area contributed by atoms with Crippen LogP contribution in [0.3, 0.4) is 0 Å². The third-order valence-corrected chi connectivity index (χ3v) is 3.11. The van der Waals surface area contributed by atoms with Crippen molar-refractivity contribution in [3.63, 3.8) is 0 Å². The zero-order chi connectivity index (χ0) is 14.7. The summed E-state index contributed by atoms with van der Waals surface area (Å²) in [5.41, 5.74) is 0.956. The molecule has 0 atom stereocenters. The predicted octanol–water partition coefficient (Wildman–Crippen LogP) is 0.980. The first-order valence-electron chi connectivity index (χ1n) is 6.08. The van der Waals surface area contributed by atoms with E-state index in [4.69, 9.17) is 9.47 Å². The second kappa shape index (κ2) is 5.64. The van der Waals surface area contributed by atoms with E-state index >= 15 is 0 Å². The van der Waals surface area contributed by atoms with Crippen molar-refractivity contribution >= 4 is 0 Å². The van der Waals surface area contributed by atoms with E-state index in [2.05, 4.69) is 9.97 Å². The molecule has 0 bridgehead atoms. The van der Waals surface area contributed by atoms with Gasteiger partial charge in [0.1, 0.15) is 0 Å². The molecule has 0 unspecified atom stereocenters. The molecule has 0 aliphatic heterocycles. The molecule has 0 amide bonds. The molecular weight excluding hydrogens is 260 g/mol. The summed E-state index contributed by atoms with van der Waals surface area (Å²) in [5.74, 6) is 1.18. The molecule has 2 aromatic rings. The second-order valence-corrected chi connectivity index (χ2v) is 4.34. The first kappa shape index (κ1) is 13.9. The van der Waals surface area contributed by atoms with E-state index in [1.807, 2.05) is 12.1 Å². The standard InChI is InChI=1S/C14H16N2O4/c1-8-10(13(17)16-14(18)15-8)7-9-5-4-6-11(19-2)12(9)20-3/h4-6H,7H2,1-3H3,(H2,15,16,17,18). The van der Waals surface area contributed by atoms with E-state index in [9.17, 15) is 9.59 Å². The van der Waals surface area contributed by atoms with E-state index in [1.165, 1.54) is 0 Å². The zero-order valence-electron chi connectivity index (χ0n) is 11.6. The maximum absolute atomic E-state index is 11.9. The molecule has 2 N–H and O–H groups in total.